The molecule has 1 saturated carbocycles. The van der Waals surface area contributed by atoms with E-state index in [1.807, 2.05) is 20.8 Å². The van der Waals surface area contributed by atoms with Gasteiger partial charge in [-0.2, -0.15) is 5.26 Å². The number of alkyl carbamates (subject to hydrolysis) is 1. The standard InChI is InChI=1S/C17H31N3O2/c1-12(2)14(11-19-16(21)22-17(3,4)5)15(10-18)20-13-8-6-7-9-13/h12-15,20H,6-9,11H2,1-5H3,(H,19,21). The highest BCUT2D eigenvalue weighted by atomic mass is 16.6. The summed E-state index contributed by atoms with van der Waals surface area (Å²) in [6.07, 6.45) is 4.33. The van der Waals surface area contributed by atoms with Crippen molar-refractivity contribution in [3.8, 4) is 6.07 Å². The molecular formula is C17H31N3O2. The summed E-state index contributed by atoms with van der Waals surface area (Å²) in [6, 6.07) is 2.58. The lowest BCUT2D eigenvalue weighted by Crippen LogP contribution is -2.47. The fraction of sp³-hybridized carbons (Fsp3) is 0.882. The van der Waals surface area contributed by atoms with Gasteiger partial charge in [0, 0.05) is 18.5 Å². The number of rotatable bonds is 6. The number of carbonyl (C=O) groups is 1. The molecule has 0 radical (unpaired) electrons. The highest BCUT2D eigenvalue weighted by molar-refractivity contribution is 5.67. The van der Waals surface area contributed by atoms with Crippen LogP contribution in [-0.2, 0) is 4.74 Å². The second-order valence-corrected chi connectivity index (χ2v) is 7.55. The number of nitrogens with zero attached hydrogens (tertiary/aromatic N) is 1. The minimum absolute atomic E-state index is 0.0677. The van der Waals surface area contributed by atoms with Gasteiger partial charge in [0.1, 0.15) is 11.6 Å². The lowest BCUT2D eigenvalue weighted by atomic mass is 9.88. The average Bonchev–Trinajstić information content (AvgIpc) is 2.87. The van der Waals surface area contributed by atoms with Gasteiger partial charge in [-0.05, 0) is 39.5 Å². The fourth-order valence-corrected chi connectivity index (χ4v) is 2.86. The van der Waals surface area contributed by atoms with Crippen LogP contribution >= 0.6 is 0 Å². The Morgan fingerprint density at radius 3 is 2.36 bits per heavy atom. The lowest BCUT2D eigenvalue weighted by Gasteiger charge is -2.29. The van der Waals surface area contributed by atoms with E-state index in [4.69, 9.17) is 4.74 Å². The Labute approximate surface area is 134 Å². The van der Waals surface area contributed by atoms with Crippen LogP contribution in [0.3, 0.4) is 0 Å². The Morgan fingerprint density at radius 2 is 1.91 bits per heavy atom. The quantitative estimate of drug-likeness (QED) is 0.790. The number of ether oxygens (including phenoxy) is 1. The van der Waals surface area contributed by atoms with Crippen LogP contribution in [-0.4, -0.2) is 30.3 Å². The van der Waals surface area contributed by atoms with E-state index in [1.54, 1.807) is 0 Å². The molecule has 1 aliphatic carbocycles. The van der Waals surface area contributed by atoms with Gasteiger partial charge in [0.25, 0.3) is 0 Å². The first kappa shape index (κ1) is 18.8. The molecule has 5 nitrogen and oxygen atoms in total. The predicted molar refractivity (Wildman–Crippen MR) is 87.4 cm³/mol. The van der Waals surface area contributed by atoms with Crippen molar-refractivity contribution in [2.24, 2.45) is 11.8 Å². The van der Waals surface area contributed by atoms with Crippen LogP contribution in [0.15, 0.2) is 0 Å². The Morgan fingerprint density at radius 1 is 1.32 bits per heavy atom. The molecule has 0 heterocycles. The summed E-state index contributed by atoms with van der Waals surface area (Å²) in [6.45, 7) is 10.1. The maximum Gasteiger partial charge on any atom is 0.407 e. The van der Waals surface area contributed by atoms with Gasteiger partial charge >= 0.3 is 6.09 Å². The third kappa shape index (κ3) is 6.65. The minimum Gasteiger partial charge on any atom is -0.444 e. The Balaban J connectivity index is 2.55. The molecule has 1 rings (SSSR count). The first-order valence-corrected chi connectivity index (χ1v) is 8.35. The highest BCUT2D eigenvalue weighted by Crippen LogP contribution is 2.21. The minimum atomic E-state index is -0.506. The molecule has 0 aromatic carbocycles. The molecule has 0 saturated heterocycles. The van der Waals surface area contributed by atoms with Gasteiger partial charge in [0.15, 0.2) is 0 Å². The molecule has 5 heteroatoms. The second kappa shape index (κ2) is 8.38. The topological polar surface area (TPSA) is 74.1 Å². The van der Waals surface area contributed by atoms with E-state index in [9.17, 15) is 10.1 Å². The summed E-state index contributed by atoms with van der Waals surface area (Å²) in [5, 5.41) is 15.8. The molecule has 22 heavy (non-hydrogen) atoms. The zero-order valence-corrected chi connectivity index (χ0v) is 14.6. The van der Waals surface area contributed by atoms with E-state index in [-0.39, 0.29) is 12.0 Å². The Bertz CT molecular complexity index is 390. The van der Waals surface area contributed by atoms with E-state index in [0.29, 0.717) is 18.5 Å². The zero-order valence-electron chi connectivity index (χ0n) is 14.6. The van der Waals surface area contributed by atoms with Gasteiger partial charge in [-0.15, -0.1) is 0 Å². The summed E-state index contributed by atoms with van der Waals surface area (Å²) in [5.74, 6) is 0.367. The third-order valence-corrected chi connectivity index (χ3v) is 4.07. The maximum atomic E-state index is 11.8. The summed E-state index contributed by atoms with van der Waals surface area (Å²) < 4.78 is 5.26. The van der Waals surface area contributed by atoms with Crippen LogP contribution < -0.4 is 10.6 Å². The van der Waals surface area contributed by atoms with Gasteiger partial charge in [0.05, 0.1) is 6.07 Å². The Hall–Kier alpha value is -1.28. The molecule has 0 aromatic heterocycles. The van der Waals surface area contributed by atoms with Crippen molar-refractivity contribution in [2.75, 3.05) is 6.54 Å². The van der Waals surface area contributed by atoms with E-state index in [1.165, 1.54) is 12.8 Å². The van der Waals surface area contributed by atoms with E-state index in [0.717, 1.165) is 12.8 Å². The maximum absolute atomic E-state index is 11.8. The van der Waals surface area contributed by atoms with E-state index >= 15 is 0 Å². The fourth-order valence-electron chi connectivity index (χ4n) is 2.86. The molecule has 126 valence electrons. The van der Waals surface area contributed by atoms with Crippen LogP contribution in [0.1, 0.15) is 60.3 Å². The number of hydrogen-bond donors (Lipinski definition) is 2. The summed E-state index contributed by atoms with van der Waals surface area (Å²) in [4.78, 5) is 11.8. The average molecular weight is 309 g/mol. The molecule has 1 amide bonds. The van der Waals surface area contributed by atoms with Gasteiger partial charge in [-0.1, -0.05) is 26.7 Å². The molecule has 0 aliphatic heterocycles. The SMILES string of the molecule is CC(C)C(CNC(=O)OC(C)(C)C)C(C#N)NC1CCCC1. The van der Waals surface area contributed by atoms with Gasteiger partial charge in [-0.3, -0.25) is 5.32 Å². The summed E-state index contributed by atoms with van der Waals surface area (Å²) >= 11 is 0. The number of nitriles is 1. The molecule has 0 spiro atoms. The molecule has 2 unspecified atom stereocenters. The monoisotopic (exact) mass is 309 g/mol. The zero-order chi connectivity index (χ0) is 16.8. The van der Waals surface area contributed by atoms with E-state index in [2.05, 4.69) is 30.6 Å². The third-order valence-electron chi connectivity index (χ3n) is 4.07. The smallest absolute Gasteiger partial charge is 0.407 e. The number of carbonyl (C=O) groups excluding carboxylic acids is 1. The molecule has 2 N–H and O–H groups in total. The van der Waals surface area contributed by atoms with Crippen molar-refractivity contribution >= 4 is 6.09 Å². The first-order valence-electron chi connectivity index (χ1n) is 8.35. The lowest BCUT2D eigenvalue weighted by molar-refractivity contribution is 0.0511. The molecule has 1 aliphatic rings. The number of hydrogen-bond acceptors (Lipinski definition) is 4. The summed E-state index contributed by atoms with van der Waals surface area (Å²) in [7, 11) is 0. The van der Waals surface area contributed by atoms with Crippen LogP contribution in [0.4, 0.5) is 4.79 Å². The predicted octanol–water partition coefficient (Wildman–Crippen LogP) is 3.21. The molecule has 0 aromatic rings. The normalized spacial score (nSPS) is 18.8. The van der Waals surface area contributed by atoms with Crippen LogP contribution in [0.2, 0.25) is 0 Å². The molecular weight excluding hydrogens is 278 g/mol. The van der Waals surface area contributed by atoms with Crippen molar-refractivity contribution in [3.63, 3.8) is 0 Å². The molecule has 2 atom stereocenters. The van der Waals surface area contributed by atoms with Crippen molar-refractivity contribution in [2.45, 2.75) is 78.0 Å². The van der Waals surface area contributed by atoms with Crippen LogP contribution in [0.25, 0.3) is 0 Å². The van der Waals surface area contributed by atoms with Gasteiger partial charge in [0.2, 0.25) is 0 Å². The number of amides is 1. The largest absolute Gasteiger partial charge is 0.444 e. The molecule has 1 fully saturated rings. The van der Waals surface area contributed by atoms with Gasteiger partial charge < -0.3 is 10.1 Å². The van der Waals surface area contributed by atoms with E-state index < -0.39 is 11.7 Å². The highest BCUT2D eigenvalue weighted by Gasteiger charge is 2.28. The van der Waals surface area contributed by atoms with Crippen molar-refractivity contribution in [1.82, 2.24) is 10.6 Å². The summed E-state index contributed by atoms with van der Waals surface area (Å²) in [5.41, 5.74) is -0.506. The molecule has 0 bridgehead atoms. The number of nitrogens with one attached hydrogen (secondary N) is 2. The van der Waals surface area contributed by atoms with Gasteiger partial charge in [-0.25, -0.2) is 4.79 Å². The first-order chi connectivity index (χ1) is 10.2. The van der Waals surface area contributed by atoms with Crippen molar-refractivity contribution in [3.05, 3.63) is 0 Å². The van der Waals surface area contributed by atoms with Crippen LogP contribution in [0.5, 0.6) is 0 Å². The second-order valence-electron chi connectivity index (χ2n) is 7.55. The van der Waals surface area contributed by atoms with Crippen molar-refractivity contribution in [1.29, 1.82) is 5.26 Å². The Kier molecular flexibility index (Phi) is 7.15. The van der Waals surface area contributed by atoms with Crippen LogP contribution in [0, 0.1) is 23.2 Å². The van der Waals surface area contributed by atoms with Crippen molar-refractivity contribution < 1.29 is 9.53 Å².